The van der Waals surface area contributed by atoms with Crippen molar-refractivity contribution in [3.8, 4) is 11.4 Å². The normalized spacial score (nSPS) is 14.5. The van der Waals surface area contributed by atoms with Crippen LogP contribution in [0.1, 0.15) is 16.7 Å². The summed E-state index contributed by atoms with van der Waals surface area (Å²) in [6.45, 7) is 2.41. The number of imide groups is 1. The van der Waals surface area contributed by atoms with Gasteiger partial charge in [-0.1, -0.05) is 30.3 Å². The number of hydrogen-bond donors (Lipinski definition) is 2. The van der Waals surface area contributed by atoms with Crippen molar-refractivity contribution in [1.82, 2.24) is 20.3 Å². The van der Waals surface area contributed by atoms with Crippen LogP contribution in [0.15, 0.2) is 66.4 Å². The lowest BCUT2D eigenvalue weighted by molar-refractivity contribution is -0.116. The lowest BCUT2D eigenvalue weighted by Gasteiger charge is -2.21. The highest BCUT2D eigenvalue weighted by molar-refractivity contribution is 6.09. The van der Waals surface area contributed by atoms with Gasteiger partial charge in [-0.05, 0) is 54.5 Å². The molecule has 0 bridgehead atoms. The lowest BCUT2D eigenvalue weighted by atomic mass is 10.1. The number of cyclic esters (lactones) is 1. The Morgan fingerprint density at radius 3 is 2.35 bits per heavy atom. The smallest absolute Gasteiger partial charge is 0.419 e. The molecule has 0 spiro atoms. The van der Waals surface area contributed by atoms with Gasteiger partial charge >= 0.3 is 6.09 Å². The molecule has 4 aromatic rings. The van der Waals surface area contributed by atoms with Gasteiger partial charge in [-0.15, -0.1) is 15.0 Å². The van der Waals surface area contributed by atoms with Crippen LogP contribution >= 0.6 is 0 Å². The van der Waals surface area contributed by atoms with Crippen molar-refractivity contribution >= 4 is 34.8 Å². The maximum absolute atomic E-state index is 11.6. The summed E-state index contributed by atoms with van der Waals surface area (Å²) in [7, 11) is 1.92. The molecule has 34 heavy (non-hydrogen) atoms. The first-order valence-electron chi connectivity index (χ1n) is 10.6. The van der Waals surface area contributed by atoms with Crippen molar-refractivity contribution in [3.05, 3.63) is 83.1 Å². The summed E-state index contributed by atoms with van der Waals surface area (Å²) in [4.78, 5) is 26.2. The second kappa shape index (κ2) is 8.36. The number of aromatic hydroxyl groups is 1. The van der Waals surface area contributed by atoms with Gasteiger partial charge in [0.05, 0.1) is 0 Å². The topological polar surface area (TPSA) is 110 Å². The Morgan fingerprint density at radius 2 is 1.74 bits per heavy atom. The van der Waals surface area contributed by atoms with Crippen LogP contribution < -0.4 is 10.2 Å². The van der Waals surface area contributed by atoms with Gasteiger partial charge in [0.2, 0.25) is 0 Å². The van der Waals surface area contributed by atoms with E-state index in [-0.39, 0.29) is 11.5 Å². The predicted octanol–water partition coefficient (Wildman–Crippen LogP) is 3.68. The molecule has 170 valence electrons. The molecule has 3 aromatic carbocycles. The van der Waals surface area contributed by atoms with Crippen molar-refractivity contribution < 1.29 is 19.4 Å². The Balaban J connectivity index is 1.38. The number of aromatic nitrogens is 3. The van der Waals surface area contributed by atoms with Gasteiger partial charge in [0.25, 0.3) is 5.91 Å². The number of rotatable bonds is 5. The van der Waals surface area contributed by atoms with E-state index in [1.165, 1.54) is 10.9 Å². The quantitative estimate of drug-likeness (QED) is 0.442. The maximum atomic E-state index is 11.6. The van der Waals surface area contributed by atoms with Crippen molar-refractivity contribution in [2.75, 3.05) is 11.9 Å². The largest absolute Gasteiger partial charge is 0.505 e. The van der Waals surface area contributed by atoms with Gasteiger partial charge in [0.1, 0.15) is 22.5 Å². The minimum absolute atomic E-state index is 0.0387. The molecule has 1 saturated heterocycles. The Hall–Kier alpha value is -4.66. The van der Waals surface area contributed by atoms with Gasteiger partial charge in [0.15, 0.2) is 5.76 Å². The van der Waals surface area contributed by atoms with Gasteiger partial charge in [-0.3, -0.25) is 10.1 Å². The first kappa shape index (κ1) is 21.2. The van der Waals surface area contributed by atoms with Crippen LogP contribution in [-0.4, -0.2) is 39.1 Å². The molecule has 0 unspecified atom stereocenters. The number of nitrogens with one attached hydrogen (secondary N) is 1. The van der Waals surface area contributed by atoms with Crippen molar-refractivity contribution in [2.24, 2.45) is 0 Å². The molecule has 1 aliphatic rings. The molecule has 0 aliphatic carbocycles. The molecule has 1 aliphatic heterocycles. The molecule has 1 aromatic heterocycles. The van der Waals surface area contributed by atoms with E-state index in [0.29, 0.717) is 12.2 Å². The molecule has 0 atom stereocenters. The summed E-state index contributed by atoms with van der Waals surface area (Å²) in [5.74, 6) is -0.479. The third-order valence-corrected chi connectivity index (χ3v) is 5.50. The first-order valence-corrected chi connectivity index (χ1v) is 10.6. The highest BCUT2D eigenvalue weighted by Crippen LogP contribution is 2.30. The van der Waals surface area contributed by atoms with E-state index in [1.54, 1.807) is 0 Å². The van der Waals surface area contributed by atoms with Gasteiger partial charge in [-0.25, -0.2) is 4.79 Å². The number of carbonyl (C=O) groups is 2. The fourth-order valence-electron chi connectivity index (χ4n) is 3.82. The number of aryl methyl sites for hydroxylation is 1. The zero-order valence-corrected chi connectivity index (χ0v) is 18.5. The number of alkyl carbamates (subject to hydrolysis) is 1. The number of fused-ring (bicyclic) bond motifs is 1. The highest BCUT2D eigenvalue weighted by atomic mass is 16.6. The van der Waals surface area contributed by atoms with E-state index in [4.69, 9.17) is 4.74 Å². The molecular weight excluding hydrogens is 434 g/mol. The van der Waals surface area contributed by atoms with Crippen LogP contribution in [0.3, 0.4) is 0 Å². The number of benzene rings is 3. The molecular formula is C25H21N5O4. The van der Waals surface area contributed by atoms with Crippen molar-refractivity contribution in [3.63, 3.8) is 0 Å². The maximum Gasteiger partial charge on any atom is 0.419 e. The van der Waals surface area contributed by atoms with Crippen LogP contribution in [0, 0.1) is 6.92 Å². The van der Waals surface area contributed by atoms with Crippen molar-refractivity contribution in [1.29, 1.82) is 0 Å². The third kappa shape index (κ3) is 4.06. The van der Waals surface area contributed by atoms with Crippen LogP contribution in [0.25, 0.3) is 22.8 Å². The summed E-state index contributed by atoms with van der Waals surface area (Å²) in [6, 6.07) is 18.7. The van der Waals surface area contributed by atoms with Gasteiger partial charge in [0, 0.05) is 24.8 Å². The molecule has 9 heteroatoms. The van der Waals surface area contributed by atoms with E-state index < -0.39 is 12.0 Å². The lowest BCUT2D eigenvalue weighted by Crippen LogP contribution is -2.18. The van der Waals surface area contributed by atoms with Crippen LogP contribution in [0.2, 0.25) is 0 Å². The molecule has 0 radical (unpaired) electrons. The molecule has 2 heterocycles. The minimum Gasteiger partial charge on any atom is -0.505 e. The van der Waals surface area contributed by atoms with Gasteiger partial charge < -0.3 is 14.7 Å². The molecule has 9 nitrogen and oxygen atoms in total. The Labute approximate surface area is 194 Å². The van der Waals surface area contributed by atoms with Crippen molar-refractivity contribution in [2.45, 2.75) is 13.5 Å². The zero-order valence-electron chi connectivity index (χ0n) is 18.5. The summed E-state index contributed by atoms with van der Waals surface area (Å²) in [6.07, 6.45) is 0.729. The predicted molar refractivity (Wildman–Crippen MR) is 126 cm³/mol. The molecule has 2 N–H and O–H groups in total. The fourth-order valence-corrected chi connectivity index (χ4v) is 3.82. The van der Waals surface area contributed by atoms with E-state index >= 15 is 0 Å². The second-order valence-electron chi connectivity index (χ2n) is 8.07. The minimum atomic E-state index is -0.775. The zero-order chi connectivity index (χ0) is 23.8. The third-order valence-electron chi connectivity index (χ3n) is 5.50. The van der Waals surface area contributed by atoms with Crippen LogP contribution in [0.5, 0.6) is 5.75 Å². The monoisotopic (exact) mass is 455 g/mol. The summed E-state index contributed by atoms with van der Waals surface area (Å²) < 4.78 is 4.84. The summed E-state index contributed by atoms with van der Waals surface area (Å²) in [5.41, 5.74) is 5.35. The van der Waals surface area contributed by atoms with E-state index in [0.717, 1.165) is 33.4 Å². The number of nitrogens with zero attached hydrogens (tertiary/aromatic N) is 4. The molecule has 1 fully saturated rings. The SMILES string of the molecule is Cc1cc(CN(C)c2ccc(C=C3OC(=O)NC3=O)cc2)c(O)c(-n2nc3ccccc3n2)c1. The van der Waals surface area contributed by atoms with Crippen LogP contribution in [0.4, 0.5) is 10.5 Å². The number of ether oxygens (including phenoxy) is 1. The number of anilines is 1. The Kier molecular flexibility index (Phi) is 5.21. The molecule has 0 saturated carbocycles. The average molecular weight is 455 g/mol. The number of hydrogen-bond acceptors (Lipinski definition) is 7. The second-order valence-corrected chi connectivity index (χ2v) is 8.07. The highest BCUT2D eigenvalue weighted by Gasteiger charge is 2.25. The van der Waals surface area contributed by atoms with E-state index in [1.807, 2.05) is 79.5 Å². The number of amides is 2. The Bertz CT molecular complexity index is 1420. The number of carbonyl (C=O) groups excluding carboxylic acids is 2. The van der Waals surface area contributed by atoms with E-state index in [9.17, 15) is 14.7 Å². The number of phenols is 1. The fraction of sp³-hybridized carbons (Fsp3) is 0.120. The summed E-state index contributed by atoms with van der Waals surface area (Å²) >= 11 is 0. The Morgan fingerprint density at radius 1 is 1.06 bits per heavy atom. The standard InChI is InChI=1S/C25H21N5O4/c1-15-11-17(23(31)21(12-15)30-27-19-5-3-4-6-20(19)28-30)14-29(2)18-9-7-16(8-10-18)13-22-24(32)26-25(33)34-22/h3-13,31H,14H2,1-2H3,(H,26,32,33). The first-order chi connectivity index (χ1) is 16.4. The average Bonchev–Trinajstić information content (AvgIpc) is 3.38. The van der Waals surface area contributed by atoms with Gasteiger partial charge in [-0.2, -0.15) is 0 Å². The van der Waals surface area contributed by atoms with E-state index in [2.05, 4.69) is 15.5 Å². The van der Waals surface area contributed by atoms with Crippen LogP contribution in [-0.2, 0) is 16.1 Å². The molecule has 2 amide bonds. The number of phenolic OH excluding ortho intramolecular Hbond substituents is 1. The summed E-state index contributed by atoms with van der Waals surface area (Å²) in [5, 5.41) is 22.1. The molecule has 5 rings (SSSR count).